The molecule has 5 atom stereocenters. The number of hydrogen-bond acceptors (Lipinski definition) is 9. The third kappa shape index (κ3) is 6.38. The van der Waals surface area contributed by atoms with Gasteiger partial charge in [-0.2, -0.15) is 0 Å². The Morgan fingerprint density at radius 2 is 1.58 bits per heavy atom. The molecule has 1 saturated heterocycles. The second-order valence-electron chi connectivity index (χ2n) is 16.6. The van der Waals surface area contributed by atoms with Gasteiger partial charge in [0.1, 0.15) is 5.75 Å². The Balaban J connectivity index is 1.04. The molecule has 9 rings (SSSR count). The predicted molar refractivity (Wildman–Crippen MR) is 226 cm³/mol. The third-order valence-corrected chi connectivity index (χ3v) is 15.1. The molecule has 0 saturated carbocycles. The Bertz CT molecular complexity index is 2560. The van der Waals surface area contributed by atoms with Gasteiger partial charge in [-0.1, -0.05) is 67.6 Å². The molecule has 5 aromatic rings. The molecule has 4 aliphatic rings. The minimum absolute atomic E-state index is 0.0673. The van der Waals surface area contributed by atoms with E-state index < -0.39 is 48.4 Å². The summed E-state index contributed by atoms with van der Waals surface area (Å²) in [4.78, 5) is 71.7. The number of nitrogens with zero attached hydrogens (tertiary/aromatic N) is 4. The number of nitro benzene ring substituents is 1. The molecule has 5 aromatic carbocycles. The quantitative estimate of drug-likeness (QED) is 0.0925. The van der Waals surface area contributed by atoms with E-state index in [4.69, 9.17) is 9.47 Å². The van der Waals surface area contributed by atoms with Crippen LogP contribution in [0.15, 0.2) is 115 Å². The smallest absolute Gasteiger partial charge is 0.269 e. The number of aliphatic hydroxyl groups excluding tert-OH is 1. The lowest BCUT2D eigenvalue weighted by Crippen LogP contribution is -2.48. The van der Waals surface area contributed by atoms with Crippen molar-refractivity contribution < 1.29 is 38.7 Å². The Hall–Kier alpha value is -6.19. The molecule has 0 aliphatic carbocycles. The van der Waals surface area contributed by atoms with Gasteiger partial charge in [-0.3, -0.25) is 29.4 Å². The number of anilines is 3. The molecular weight excluding hydrogens is 781 g/mol. The van der Waals surface area contributed by atoms with Crippen molar-refractivity contribution in [2.75, 3.05) is 16.4 Å². The topological polar surface area (TPSA) is 163 Å². The second kappa shape index (κ2) is 14.8. The molecule has 0 aromatic heterocycles. The van der Waals surface area contributed by atoms with Crippen molar-refractivity contribution in [3.63, 3.8) is 0 Å². The lowest BCUT2D eigenvalue weighted by molar-refractivity contribution is -0.385. The van der Waals surface area contributed by atoms with Gasteiger partial charge in [0.15, 0.2) is 19.7 Å². The zero-order valence-corrected chi connectivity index (χ0v) is 34.4. The molecule has 0 bridgehead atoms. The molecular formula is C46H44N4O9Si. The Morgan fingerprint density at radius 3 is 2.30 bits per heavy atom. The fourth-order valence-electron chi connectivity index (χ4n) is 9.87. The van der Waals surface area contributed by atoms with Crippen molar-refractivity contribution in [2.24, 2.45) is 5.92 Å². The summed E-state index contributed by atoms with van der Waals surface area (Å²) in [5.74, 6) is -0.687. The van der Waals surface area contributed by atoms with Crippen LogP contribution in [0, 0.1) is 16.0 Å². The molecule has 4 aliphatic heterocycles. The number of aliphatic hydroxyl groups is 1. The molecule has 1 spiro atoms. The average Bonchev–Trinajstić information content (AvgIpc) is 3.61. The van der Waals surface area contributed by atoms with Crippen molar-refractivity contribution in [1.29, 1.82) is 0 Å². The third-order valence-electron chi connectivity index (χ3n) is 12.6. The predicted octanol–water partition coefficient (Wildman–Crippen LogP) is 7.36. The summed E-state index contributed by atoms with van der Waals surface area (Å²) >= 11 is 0. The number of para-hydroxylation sites is 3. The summed E-state index contributed by atoms with van der Waals surface area (Å²) in [7, 11) is -3.20. The van der Waals surface area contributed by atoms with Crippen molar-refractivity contribution in [3.8, 4) is 11.5 Å². The largest absolute Gasteiger partial charge is 0.454 e. The maximum Gasteiger partial charge on any atom is 0.269 e. The summed E-state index contributed by atoms with van der Waals surface area (Å²) in [5, 5.41) is 22.5. The summed E-state index contributed by atoms with van der Waals surface area (Å²) in [5.41, 5.74) is 2.52. The van der Waals surface area contributed by atoms with E-state index in [9.17, 15) is 29.6 Å². The van der Waals surface area contributed by atoms with Crippen molar-refractivity contribution in [2.45, 2.75) is 69.2 Å². The van der Waals surface area contributed by atoms with Crippen molar-refractivity contribution in [1.82, 2.24) is 4.90 Å². The van der Waals surface area contributed by atoms with Gasteiger partial charge in [0.25, 0.3) is 17.5 Å². The molecule has 0 unspecified atom stereocenters. The highest BCUT2D eigenvalue weighted by molar-refractivity contribution is 6.71. The van der Waals surface area contributed by atoms with Crippen LogP contribution in [-0.4, -0.2) is 64.5 Å². The summed E-state index contributed by atoms with van der Waals surface area (Å²) in [6, 6.07) is 33.3. The number of rotatable bonds is 8. The van der Waals surface area contributed by atoms with E-state index in [1.807, 2.05) is 67.6 Å². The number of carbonyl (C=O) groups excluding carboxylic acids is 3. The van der Waals surface area contributed by atoms with Gasteiger partial charge in [-0.15, -0.1) is 0 Å². The van der Waals surface area contributed by atoms with Crippen LogP contribution in [0.4, 0.5) is 22.7 Å². The zero-order valence-electron chi connectivity index (χ0n) is 33.4. The summed E-state index contributed by atoms with van der Waals surface area (Å²) < 4.78 is 13.0. The minimum Gasteiger partial charge on any atom is -0.454 e. The fourth-order valence-corrected chi connectivity index (χ4v) is 12.4. The van der Waals surface area contributed by atoms with Gasteiger partial charge in [-0.05, 0) is 78.7 Å². The number of nitro groups is 1. The number of amides is 3. The summed E-state index contributed by atoms with van der Waals surface area (Å²) in [6.45, 7) is 5.48. The van der Waals surface area contributed by atoms with E-state index in [1.165, 1.54) is 12.1 Å². The minimum atomic E-state index is -3.20. The van der Waals surface area contributed by atoms with E-state index in [-0.39, 0.29) is 37.1 Å². The number of non-ortho nitro benzene ring substituents is 1. The number of carbonyl (C=O) groups is 3. The van der Waals surface area contributed by atoms with E-state index in [1.54, 1.807) is 70.3 Å². The molecule has 14 heteroatoms. The van der Waals surface area contributed by atoms with Gasteiger partial charge in [-0.25, -0.2) is 0 Å². The molecule has 13 nitrogen and oxygen atoms in total. The lowest BCUT2D eigenvalue weighted by atomic mass is 9.82. The van der Waals surface area contributed by atoms with Gasteiger partial charge < -0.3 is 29.2 Å². The summed E-state index contributed by atoms with van der Waals surface area (Å²) in [6.07, 6.45) is -0.558. The molecule has 60 heavy (non-hydrogen) atoms. The maximum atomic E-state index is 15.1. The molecule has 1 fully saturated rings. The van der Waals surface area contributed by atoms with E-state index in [0.717, 1.165) is 11.1 Å². The van der Waals surface area contributed by atoms with E-state index in [2.05, 4.69) is 0 Å². The average molecular weight is 825 g/mol. The van der Waals surface area contributed by atoms with Crippen LogP contribution in [0.3, 0.4) is 0 Å². The van der Waals surface area contributed by atoms with Crippen LogP contribution < -0.4 is 14.5 Å². The zero-order chi connectivity index (χ0) is 42.1. The lowest BCUT2D eigenvalue weighted by Gasteiger charge is -2.37. The maximum absolute atomic E-state index is 15.1. The fraction of sp³-hybridized carbons (Fsp3) is 0.283. The van der Waals surface area contributed by atoms with Gasteiger partial charge >= 0.3 is 0 Å². The Morgan fingerprint density at radius 1 is 0.900 bits per heavy atom. The van der Waals surface area contributed by atoms with Crippen molar-refractivity contribution in [3.05, 3.63) is 153 Å². The van der Waals surface area contributed by atoms with E-state index >= 15 is 4.79 Å². The van der Waals surface area contributed by atoms with Gasteiger partial charge in [0.05, 0.1) is 53.6 Å². The van der Waals surface area contributed by atoms with Gasteiger partial charge in [0, 0.05) is 41.4 Å². The molecule has 3 amide bonds. The number of fused-ring (bicyclic) bond motifs is 5. The van der Waals surface area contributed by atoms with Crippen LogP contribution in [0.5, 0.6) is 11.5 Å². The Labute approximate surface area is 347 Å². The molecule has 4 heterocycles. The highest BCUT2D eigenvalue weighted by Gasteiger charge is 2.67. The van der Waals surface area contributed by atoms with Crippen LogP contribution in [0.2, 0.25) is 18.6 Å². The number of ether oxygens (including phenoxy) is 2. The van der Waals surface area contributed by atoms with Crippen LogP contribution in [0.25, 0.3) is 0 Å². The van der Waals surface area contributed by atoms with Crippen molar-refractivity contribution >= 4 is 48.8 Å². The van der Waals surface area contributed by atoms with E-state index in [0.29, 0.717) is 58.2 Å². The van der Waals surface area contributed by atoms with Gasteiger partial charge in [0.2, 0.25) is 5.91 Å². The first-order valence-corrected chi connectivity index (χ1v) is 23.1. The standard InChI is InChI=1S/C46H44N4O9Si/c1-28-43(60(2,3)57)41(24-42(52)47-26-31-11-5-4-10-30(31)22-34(47)27-51)59-46(28)36-23-33(50(55)56)20-21-37(36)48(45(46)54)25-29-16-18-32(19-17-29)49-38-13-7-9-15-40(38)58-39-14-8-6-12-35(39)44(49)53/h4-21,23,28,34,41,43,51,57H,22,24-27H2,1-3H3/t28-,34+,41+,43-,46+/m1/s1. The Kier molecular flexibility index (Phi) is 9.70. The molecule has 2 N–H and O–H groups in total. The van der Waals surface area contributed by atoms with Crippen LogP contribution >= 0.6 is 0 Å². The van der Waals surface area contributed by atoms with Crippen LogP contribution in [0.1, 0.15) is 46.0 Å². The highest BCUT2D eigenvalue weighted by Crippen LogP contribution is 2.60. The first-order chi connectivity index (χ1) is 28.8. The first-order valence-electron chi connectivity index (χ1n) is 20.1. The monoisotopic (exact) mass is 824 g/mol. The highest BCUT2D eigenvalue weighted by atomic mass is 28.4. The number of hydrogen-bond donors (Lipinski definition) is 2. The SMILES string of the molecule is C[C@@H]1[C@@H]([Si](C)(C)O)[C@H](CC(=O)N2Cc3ccccc3C[C@H]2CO)O[C@@]12C(=O)N(Cc1ccc(N3C(=O)c4ccccc4Oc4ccccc43)cc1)c1ccc([N+](=O)[O-])cc12. The number of benzene rings is 5. The molecule has 0 radical (unpaired) electrons. The first kappa shape index (κ1) is 39.3. The molecule has 306 valence electrons. The van der Waals surface area contributed by atoms with Crippen LogP contribution in [-0.2, 0) is 39.4 Å². The second-order valence-corrected chi connectivity index (χ2v) is 20.6. The normalized spacial score (nSPS) is 23.1.